The summed E-state index contributed by atoms with van der Waals surface area (Å²) in [6.07, 6.45) is 3.97. The Morgan fingerprint density at radius 2 is 2.27 bits per heavy atom. The molecule has 1 aromatic carbocycles. The van der Waals surface area contributed by atoms with Crippen LogP contribution in [0.1, 0.15) is 43.4 Å². The number of aromatic amines is 1. The Hall–Kier alpha value is -2.34. The van der Waals surface area contributed by atoms with Gasteiger partial charge in [-0.1, -0.05) is 31.5 Å². The maximum atomic E-state index is 12.6. The third-order valence-electron chi connectivity index (χ3n) is 4.94. The summed E-state index contributed by atoms with van der Waals surface area (Å²) in [5.41, 5.74) is 1.94. The largest absolute Gasteiger partial charge is 0.361 e. The van der Waals surface area contributed by atoms with Gasteiger partial charge in [0.1, 0.15) is 11.6 Å². The number of carbonyl (C=O) groups excluding carboxylic acids is 1. The van der Waals surface area contributed by atoms with Crippen LogP contribution in [0.15, 0.2) is 24.4 Å². The summed E-state index contributed by atoms with van der Waals surface area (Å²) >= 11 is 6.02. The van der Waals surface area contributed by atoms with Gasteiger partial charge in [-0.05, 0) is 24.1 Å². The van der Waals surface area contributed by atoms with Crippen molar-refractivity contribution < 1.29 is 4.79 Å². The van der Waals surface area contributed by atoms with Gasteiger partial charge in [0.05, 0.1) is 6.42 Å². The number of nitrogens with zero attached hydrogens (tertiary/aromatic N) is 3. The summed E-state index contributed by atoms with van der Waals surface area (Å²) in [7, 11) is 0. The predicted molar refractivity (Wildman–Crippen MR) is 101 cm³/mol. The number of nitrogens with one attached hydrogen (secondary N) is 2. The molecule has 3 heterocycles. The van der Waals surface area contributed by atoms with Crippen LogP contribution in [0, 0.1) is 0 Å². The number of fused-ring (bicyclic) bond motifs is 2. The van der Waals surface area contributed by atoms with Crippen molar-refractivity contribution in [2.24, 2.45) is 0 Å². The summed E-state index contributed by atoms with van der Waals surface area (Å²) in [6.45, 7) is 4.97. The van der Waals surface area contributed by atoms with Gasteiger partial charge in [0.15, 0.2) is 0 Å². The van der Waals surface area contributed by atoms with E-state index in [9.17, 15) is 4.79 Å². The van der Waals surface area contributed by atoms with E-state index in [1.807, 2.05) is 24.4 Å². The van der Waals surface area contributed by atoms with Gasteiger partial charge in [-0.2, -0.15) is 0 Å². The smallest absolute Gasteiger partial charge is 0.224 e. The Bertz CT molecular complexity index is 958. The van der Waals surface area contributed by atoms with E-state index in [0.29, 0.717) is 17.4 Å². The summed E-state index contributed by atoms with van der Waals surface area (Å²) in [5.74, 6) is 2.37. The summed E-state index contributed by atoms with van der Waals surface area (Å²) in [6, 6.07) is 5.79. The van der Waals surface area contributed by atoms with Gasteiger partial charge in [-0.15, -0.1) is 10.2 Å². The number of hydrogen-bond donors (Lipinski definition) is 2. The molecule has 4 rings (SSSR count). The summed E-state index contributed by atoms with van der Waals surface area (Å²) < 4.78 is 2.16. The molecule has 0 saturated heterocycles. The Balaban J connectivity index is 1.44. The van der Waals surface area contributed by atoms with Crippen LogP contribution in [0.3, 0.4) is 0 Å². The van der Waals surface area contributed by atoms with E-state index in [1.165, 1.54) is 0 Å². The molecular formula is C19H22ClN5O. The van der Waals surface area contributed by atoms with Crippen molar-refractivity contribution in [2.75, 3.05) is 0 Å². The Morgan fingerprint density at radius 1 is 1.42 bits per heavy atom. The maximum Gasteiger partial charge on any atom is 0.224 e. The molecule has 1 atom stereocenters. The number of amides is 1. The lowest BCUT2D eigenvalue weighted by atomic mass is 10.0. The van der Waals surface area contributed by atoms with Crippen LogP contribution in [0.2, 0.25) is 5.02 Å². The zero-order valence-corrected chi connectivity index (χ0v) is 15.7. The molecule has 1 aliphatic heterocycles. The number of benzene rings is 1. The fourth-order valence-corrected chi connectivity index (χ4v) is 3.82. The van der Waals surface area contributed by atoms with Gasteiger partial charge in [0.25, 0.3) is 0 Å². The van der Waals surface area contributed by atoms with Crippen LogP contribution < -0.4 is 5.32 Å². The molecule has 0 aliphatic carbocycles. The Kier molecular flexibility index (Phi) is 4.44. The third kappa shape index (κ3) is 3.21. The average molecular weight is 372 g/mol. The SMILES string of the molecule is CC(C)c1nnc2n1CC(NC(=O)Cc1c[nH]c3cc(Cl)ccc13)CC2. The van der Waals surface area contributed by atoms with E-state index in [-0.39, 0.29) is 11.9 Å². The standard InChI is InChI=1S/C19H22ClN5O/c1-11(2)19-24-23-17-6-4-14(10-25(17)19)22-18(26)7-12-9-21-16-8-13(20)3-5-15(12)16/h3,5,8-9,11,14,21H,4,6-7,10H2,1-2H3,(H,22,26). The van der Waals surface area contributed by atoms with E-state index in [0.717, 1.165) is 47.5 Å². The highest BCUT2D eigenvalue weighted by molar-refractivity contribution is 6.31. The molecule has 3 aromatic rings. The molecule has 1 unspecified atom stereocenters. The first-order valence-electron chi connectivity index (χ1n) is 8.98. The van der Waals surface area contributed by atoms with Gasteiger partial charge in [-0.25, -0.2) is 0 Å². The van der Waals surface area contributed by atoms with E-state index in [2.05, 4.69) is 38.9 Å². The molecule has 1 aliphatic rings. The molecule has 26 heavy (non-hydrogen) atoms. The topological polar surface area (TPSA) is 75.6 Å². The highest BCUT2D eigenvalue weighted by atomic mass is 35.5. The summed E-state index contributed by atoms with van der Waals surface area (Å²) in [4.78, 5) is 15.7. The summed E-state index contributed by atoms with van der Waals surface area (Å²) in [5, 5.41) is 13.5. The van der Waals surface area contributed by atoms with Crippen LogP contribution in [0.25, 0.3) is 10.9 Å². The van der Waals surface area contributed by atoms with Crippen LogP contribution in [-0.2, 0) is 24.2 Å². The minimum atomic E-state index is 0.0356. The Morgan fingerprint density at radius 3 is 3.08 bits per heavy atom. The molecule has 0 radical (unpaired) electrons. The lowest BCUT2D eigenvalue weighted by Gasteiger charge is -2.26. The number of carbonyl (C=O) groups is 1. The van der Waals surface area contributed by atoms with Gasteiger partial charge >= 0.3 is 0 Å². The predicted octanol–water partition coefficient (Wildman–Crippen LogP) is 3.21. The van der Waals surface area contributed by atoms with Gasteiger partial charge in [-0.3, -0.25) is 4.79 Å². The van der Waals surface area contributed by atoms with Gasteiger partial charge in [0, 0.05) is 47.0 Å². The van der Waals surface area contributed by atoms with Crippen molar-refractivity contribution >= 4 is 28.4 Å². The lowest BCUT2D eigenvalue weighted by Crippen LogP contribution is -2.42. The first-order chi connectivity index (χ1) is 12.5. The molecule has 2 N–H and O–H groups in total. The lowest BCUT2D eigenvalue weighted by molar-refractivity contribution is -0.121. The third-order valence-corrected chi connectivity index (χ3v) is 5.17. The van der Waals surface area contributed by atoms with Crippen LogP contribution in [-0.4, -0.2) is 31.7 Å². The van der Waals surface area contributed by atoms with Crippen molar-refractivity contribution in [1.82, 2.24) is 25.1 Å². The normalized spacial score (nSPS) is 16.8. The van der Waals surface area contributed by atoms with E-state index in [1.54, 1.807) is 0 Å². The monoisotopic (exact) mass is 371 g/mol. The van der Waals surface area contributed by atoms with Crippen molar-refractivity contribution in [2.45, 2.75) is 51.6 Å². The maximum absolute atomic E-state index is 12.6. The minimum absolute atomic E-state index is 0.0356. The molecule has 2 aromatic heterocycles. The highest BCUT2D eigenvalue weighted by Crippen LogP contribution is 2.23. The minimum Gasteiger partial charge on any atom is -0.361 e. The molecule has 0 bridgehead atoms. The number of H-pyrrole nitrogens is 1. The molecule has 0 saturated carbocycles. The molecule has 136 valence electrons. The number of halogens is 1. The molecule has 1 amide bonds. The molecular weight excluding hydrogens is 350 g/mol. The van der Waals surface area contributed by atoms with Crippen molar-refractivity contribution in [3.8, 4) is 0 Å². The molecule has 6 nitrogen and oxygen atoms in total. The fraction of sp³-hybridized carbons (Fsp3) is 0.421. The van der Waals surface area contributed by atoms with Crippen LogP contribution in [0.5, 0.6) is 0 Å². The van der Waals surface area contributed by atoms with Crippen molar-refractivity contribution in [3.05, 3.63) is 46.6 Å². The molecule has 7 heteroatoms. The molecule has 0 fully saturated rings. The first kappa shape index (κ1) is 17.1. The number of hydrogen-bond acceptors (Lipinski definition) is 3. The van der Waals surface area contributed by atoms with Crippen LogP contribution >= 0.6 is 11.6 Å². The fourth-order valence-electron chi connectivity index (χ4n) is 3.65. The van der Waals surface area contributed by atoms with E-state index in [4.69, 9.17) is 11.6 Å². The highest BCUT2D eigenvalue weighted by Gasteiger charge is 2.25. The second-order valence-corrected chi connectivity index (χ2v) is 7.66. The molecule has 0 spiro atoms. The number of aryl methyl sites for hydroxylation is 1. The zero-order chi connectivity index (χ0) is 18.3. The first-order valence-corrected chi connectivity index (χ1v) is 9.36. The second kappa shape index (κ2) is 6.76. The zero-order valence-electron chi connectivity index (χ0n) is 14.9. The quantitative estimate of drug-likeness (QED) is 0.739. The average Bonchev–Trinajstić information content (AvgIpc) is 3.18. The van der Waals surface area contributed by atoms with Gasteiger partial charge in [0.2, 0.25) is 5.91 Å². The van der Waals surface area contributed by atoms with Crippen LogP contribution in [0.4, 0.5) is 0 Å². The number of aromatic nitrogens is 4. The van der Waals surface area contributed by atoms with Crippen molar-refractivity contribution in [3.63, 3.8) is 0 Å². The van der Waals surface area contributed by atoms with Gasteiger partial charge < -0.3 is 14.9 Å². The van der Waals surface area contributed by atoms with E-state index < -0.39 is 0 Å². The Labute approximate surface area is 156 Å². The number of rotatable bonds is 4. The van der Waals surface area contributed by atoms with Crippen molar-refractivity contribution in [1.29, 1.82) is 0 Å². The second-order valence-electron chi connectivity index (χ2n) is 7.22. The van der Waals surface area contributed by atoms with E-state index >= 15 is 0 Å².